The number of Topliss-reactive ketones (excluding diaryl/α,β-unsaturated/α-hetero) is 1. The Kier molecular flexibility index (Phi) is 3.13. The Morgan fingerprint density at radius 2 is 2.12 bits per heavy atom. The van der Waals surface area contributed by atoms with Gasteiger partial charge in [0.2, 0.25) is 11.7 Å². The first kappa shape index (κ1) is 11.6. The SMILES string of the molecule is COc1ccc2c(n1)C(=O)/C(=C\N(C)C)CC2. The monoisotopic (exact) mass is 232 g/mol. The topological polar surface area (TPSA) is 42.4 Å². The van der Waals surface area contributed by atoms with Crippen LogP contribution in [-0.4, -0.2) is 36.9 Å². The highest BCUT2D eigenvalue weighted by molar-refractivity contribution is 6.09. The predicted molar refractivity (Wildman–Crippen MR) is 65.2 cm³/mol. The minimum Gasteiger partial charge on any atom is -0.481 e. The third-order valence-corrected chi connectivity index (χ3v) is 2.75. The van der Waals surface area contributed by atoms with Crippen LogP contribution in [0.2, 0.25) is 0 Å². The molecule has 17 heavy (non-hydrogen) atoms. The molecule has 0 atom stereocenters. The summed E-state index contributed by atoms with van der Waals surface area (Å²) in [4.78, 5) is 18.3. The number of hydrogen-bond donors (Lipinski definition) is 0. The van der Waals surface area contributed by atoms with E-state index in [1.165, 1.54) is 0 Å². The van der Waals surface area contributed by atoms with Gasteiger partial charge >= 0.3 is 0 Å². The van der Waals surface area contributed by atoms with E-state index >= 15 is 0 Å². The van der Waals surface area contributed by atoms with Crippen molar-refractivity contribution in [2.24, 2.45) is 0 Å². The minimum atomic E-state index is 0.0128. The van der Waals surface area contributed by atoms with Gasteiger partial charge in [-0.3, -0.25) is 4.79 Å². The van der Waals surface area contributed by atoms with E-state index in [0.29, 0.717) is 11.6 Å². The number of fused-ring (bicyclic) bond motifs is 1. The summed E-state index contributed by atoms with van der Waals surface area (Å²) in [7, 11) is 5.38. The van der Waals surface area contributed by atoms with Gasteiger partial charge in [-0.05, 0) is 18.4 Å². The van der Waals surface area contributed by atoms with E-state index in [1.54, 1.807) is 13.2 Å². The van der Waals surface area contributed by atoms with E-state index in [-0.39, 0.29) is 5.78 Å². The normalized spacial score (nSPS) is 16.9. The van der Waals surface area contributed by atoms with Crippen LogP contribution in [0.3, 0.4) is 0 Å². The van der Waals surface area contributed by atoms with Crippen LogP contribution in [0.4, 0.5) is 0 Å². The maximum Gasteiger partial charge on any atom is 0.213 e. The minimum absolute atomic E-state index is 0.0128. The summed E-state index contributed by atoms with van der Waals surface area (Å²) in [6.45, 7) is 0. The molecule has 1 aromatic rings. The first-order chi connectivity index (χ1) is 8.11. The molecule has 4 heteroatoms. The first-order valence-electron chi connectivity index (χ1n) is 5.57. The second kappa shape index (κ2) is 4.57. The number of allylic oxidation sites excluding steroid dienone is 1. The highest BCUT2D eigenvalue weighted by Crippen LogP contribution is 2.25. The molecule has 4 nitrogen and oxygen atoms in total. The standard InChI is InChI=1S/C13H16N2O2/c1-15(2)8-10-5-4-9-6-7-11(17-3)14-12(9)13(10)16/h6-8H,4-5H2,1-3H3/b10-8-. The van der Waals surface area contributed by atoms with Gasteiger partial charge in [-0.2, -0.15) is 0 Å². The molecule has 2 rings (SSSR count). The number of ketones is 1. The number of carbonyl (C=O) groups excluding carboxylic acids is 1. The molecule has 1 aliphatic carbocycles. The van der Waals surface area contributed by atoms with Gasteiger partial charge in [0.25, 0.3) is 0 Å². The number of aryl methyl sites for hydroxylation is 1. The van der Waals surface area contributed by atoms with Gasteiger partial charge < -0.3 is 9.64 Å². The number of rotatable bonds is 2. The Hall–Kier alpha value is -1.84. The maximum atomic E-state index is 12.2. The number of hydrogen-bond acceptors (Lipinski definition) is 4. The summed E-state index contributed by atoms with van der Waals surface area (Å²) in [5.41, 5.74) is 2.35. The lowest BCUT2D eigenvalue weighted by Crippen LogP contribution is -2.18. The largest absolute Gasteiger partial charge is 0.481 e. The van der Waals surface area contributed by atoms with Crippen molar-refractivity contribution in [3.8, 4) is 5.88 Å². The van der Waals surface area contributed by atoms with E-state index in [1.807, 2.05) is 31.3 Å². The molecule has 0 spiro atoms. The van der Waals surface area contributed by atoms with Gasteiger partial charge in [0, 0.05) is 31.9 Å². The van der Waals surface area contributed by atoms with Gasteiger partial charge in [0.1, 0.15) is 5.69 Å². The molecule has 0 unspecified atom stereocenters. The molecule has 0 aromatic carbocycles. The molecule has 0 saturated heterocycles. The zero-order valence-corrected chi connectivity index (χ0v) is 10.4. The number of pyridine rings is 1. The molecule has 0 N–H and O–H groups in total. The highest BCUT2D eigenvalue weighted by Gasteiger charge is 2.24. The molecule has 1 heterocycles. The molecule has 0 saturated carbocycles. The van der Waals surface area contributed by atoms with Crippen molar-refractivity contribution in [1.82, 2.24) is 9.88 Å². The van der Waals surface area contributed by atoms with Gasteiger partial charge in [-0.15, -0.1) is 0 Å². The van der Waals surface area contributed by atoms with Crippen LogP contribution >= 0.6 is 0 Å². The van der Waals surface area contributed by atoms with Crippen LogP contribution in [0, 0.1) is 0 Å². The Balaban J connectivity index is 2.40. The molecule has 0 radical (unpaired) electrons. The van der Waals surface area contributed by atoms with E-state index in [0.717, 1.165) is 24.0 Å². The molecular formula is C13H16N2O2. The van der Waals surface area contributed by atoms with E-state index < -0.39 is 0 Å². The van der Waals surface area contributed by atoms with Gasteiger partial charge in [-0.1, -0.05) is 6.07 Å². The van der Waals surface area contributed by atoms with Gasteiger partial charge in [0.15, 0.2) is 0 Å². The average Bonchev–Trinajstić information content (AvgIpc) is 2.32. The van der Waals surface area contributed by atoms with Crippen molar-refractivity contribution in [3.63, 3.8) is 0 Å². The van der Waals surface area contributed by atoms with Gasteiger partial charge in [0.05, 0.1) is 7.11 Å². The summed E-state index contributed by atoms with van der Waals surface area (Å²) in [5, 5.41) is 0. The Bertz CT molecular complexity index is 478. The van der Waals surface area contributed by atoms with Crippen molar-refractivity contribution in [2.75, 3.05) is 21.2 Å². The van der Waals surface area contributed by atoms with E-state index in [4.69, 9.17) is 4.74 Å². The van der Waals surface area contributed by atoms with E-state index in [9.17, 15) is 4.79 Å². The van der Waals surface area contributed by atoms with Crippen LogP contribution < -0.4 is 4.74 Å². The zero-order chi connectivity index (χ0) is 12.4. The lowest BCUT2D eigenvalue weighted by Gasteiger charge is -2.18. The molecule has 0 bridgehead atoms. The van der Waals surface area contributed by atoms with E-state index in [2.05, 4.69) is 4.98 Å². The van der Waals surface area contributed by atoms with Crippen LogP contribution in [0.25, 0.3) is 0 Å². The smallest absolute Gasteiger partial charge is 0.213 e. The number of methoxy groups -OCH3 is 1. The van der Waals surface area contributed by atoms with Crippen LogP contribution in [0.1, 0.15) is 22.5 Å². The van der Waals surface area contributed by atoms with Crippen molar-refractivity contribution in [1.29, 1.82) is 0 Å². The number of aromatic nitrogens is 1. The fourth-order valence-electron chi connectivity index (χ4n) is 1.95. The van der Waals surface area contributed by atoms with Gasteiger partial charge in [-0.25, -0.2) is 4.98 Å². The Labute approximate surface area is 101 Å². The summed E-state index contributed by atoms with van der Waals surface area (Å²) >= 11 is 0. The summed E-state index contributed by atoms with van der Waals surface area (Å²) < 4.78 is 5.05. The average molecular weight is 232 g/mol. The summed E-state index contributed by atoms with van der Waals surface area (Å²) in [6.07, 6.45) is 3.50. The second-order valence-corrected chi connectivity index (χ2v) is 4.31. The van der Waals surface area contributed by atoms with Crippen molar-refractivity contribution >= 4 is 5.78 Å². The quantitative estimate of drug-likeness (QED) is 0.727. The Morgan fingerprint density at radius 3 is 2.76 bits per heavy atom. The fourth-order valence-corrected chi connectivity index (χ4v) is 1.95. The molecule has 0 fully saturated rings. The molecule has 0 amide bonds. The Morgan fingerprint density at radius 1 is 1.35 bits per heavy atom. The molecule has 1 aliphatic rings. The predicted octanol–water partition coefficient (Wildman–Crippen LogP) is 1.66. The highest BCUT2D eigenvalue weighted by atomic mass is 16.5. The lowest BCUT2D eigenvalue weighted by molar-refractivity contribution is 0.101. The maximum absolute atomic E-state index is 12.2. The molecule has 90 valence electrons. The number of carbonyl (C=O) groups is 1. The van der Waals surface area contributed by atoms with Crippen LogP contribution in [0.5, 0.6) is 5.88 Å². The molecule has 0 aliphatic heterocycles. The van der Waals surface area contributed by atoms with Crippen molar-refractivity contribution < 1.29 is 9.53 Å². The van der Waals surface area contributed by atoms with Crippen LogP contribution in [0.15, 0.2) is 23.9 Å². The summed E-state index contributed by atoms with van der Waals surface area (Å²) in [6, 6.07) is 3.72. The molecule has 1 aromatic heterocycles. The number of nitrogens with zero attached hydrogens (tertiary/aromatic N) is 2. The van der Waals surface area contributed by atoms with Crippen molar-refractivity contribution in [2.45, 2.75) is 12.8 Å². The first-order valence-corrected chi connectivity index (χ1v) is 5.57. The van der Waals surface area contributed by atoms with Crippen LogP contribution in [-0.2, 0) is 6.42 Å². The number of ether oxygens (including phenoxy) is 1. The fraction of sp³-hybridized carbons (Fsp3) is 0.385. The lowest BCUT2D eigenvalue weighted by atomic mass is 9.91. The zero-order valence-electron chi connectivity index (χ0n) is 10.4. The second-order valence-electron chi connectivity index (χ2n) is 4.31. The third-order valence-electron chi connectivity index (χ3n) is 2.75. The third kappa shape index (κ3) is 2.30. The molecular weight excluding hydrogens is 216 g/mol. The summed E-state index contributed by atoms with van der Waals surface area (Å²) in [5.74, 6) is 0.502. The van der Waals surface area contributed by atoms with Crippen molar-refractivity contribution in [3.05, 3.63) is 35.2 Å².